The van der Waals surface area contributed by atoms with Gasteiger partial charge in [0.05, 0.1) is 0 Å². The van der Waals surface area contributed by atoms with Gasteiger partial charge < -0.3 is 15.3 Å². The Bertz CT molecular complexity index is 435. The van der Waals surface area contributed by atoms with Gasteiger partial charge in [-0.05, 0) is 10.8 Å². The van der Waals surface area contributed by atoms with Gasteiger partial charge in [-0.2, -0.15) is 0 Å². The molecule has 0 atom stereocenters. The highest BCUT2D eigenvalue weighted by atomic mass is 16.3. The van der Waals surface area contributed by atoms with Crippen molar-refractivity contribution < 1.29 is 15.3 Å². The molecule has 0 bridgehead atoms. The fourth-order valence-electron chi connectivity index (χ4n) is 2.13. The molecule has 110 valence electrons. The Hall–Kier alpha value is -1.38. The maximum absolute atomic E-state index is 10.0. The Labute approximate surface area is 116 Å². The molecule has 0 saturated carbocycles. The SMILES string of the molecule is CC.CC(C)(C)c1c(O)cc(O)c(O)c1C(C)(C)C. The molecule has 3 heteroatoms. The summed E-state index contributed by atoms with van der Waals surface area (Å²) in [5.74, 6) is -0.390. The van der Waals surface area contributed by atoms with E-state index in [-0.39, 0.29) is 28.1 Å². The summed E-state index contributed by atoms with van der Waals surface area (Å²) >= 11 is 0. The Morgan fingerprint density at radius 2 is 1.05 bits per heavy atom. The van der Waals surface area contributed by atoms with Crippen LogP contribution in [0.1, 0.15) is 66.5 Å². The lowest BCUT2D eigenvalue weighted by Gasteiger charge is -2.31. The largest absolute Gasteiger partial charge is 0.507 e. The number of benzene rings is 1. The van der Waals surface area contributed by atoms with Crippen molar-refractivity contribution in [2.75, 3.05) is 0 Å². The zero-order chi connectivity index (χ0) is 15.6. The summed E-state index contributed by atoms with van der Waals surface area (Å²) in [7, 11) is 0. The average Bonchev–Trinajstić information content (AvgIpc) is 2.22. The molecule has 0 amide bonds. The summed E-state index contributed by atoms with van der Waals surface area (Å²) in [4.78, 5) is 0. The van der Waals surface area contributed by atoms with Gasteiger partial charge in [-0.15, -0.1) is 0 Å². The van der Waals surface area contributed by atoms with Gasteiger partial charge in [-0.25, -0.2) is 0 Å². The summed E-state index contributed by atoms with van der Waals surface area (Å²) in [6, 6.07) is 1.20. The van der Waals surface area contributed by atoms with Crippen molar-refractivity contribution in [1.82, 2.24) is 0 Å². The molecule has 0 aliphatic heterocycles. The normalized spacial score (nSPS) is 11.8. The first-order chi connectivity index (χ1) is 8.46. The molecule has 0 unspecified atom stereocenters. The molecule has 0 aliphatic carbocycles. The predicted octanol–water partition coefficient (Wildman–Crippen LogP) is 4.42. The first kappa shape index (κ1) is 17.6. The second-order valence-electron chi connectivity index (χ2n) is 6.51. The first-order valence-electron chi connectivity index (χ1n) is 6.75. The van der Waals surface area contributed by atoms with Crippen molar-refractivity contribution in [3.8, 4) is 17.2 Å². The molecule has 0 aromatic heterocycles. The molecule has 0 radical (unpaired) electrons. The van der Waals surface area contributed by atoms with Crippen molar-refractivity contribution in [1.29, 1.82) is 0 Å². The Kier molecular flexibility index (Phi) is 5.31. The van der Waals surface area contributed by atoms with Crippen molar-refractivity contribution in [2.24, 2.45) is 0 Å². The van der Waals surface area contributed by atoms with E-state index in [1.54, 1.807) is 0 Å². The maximum atomic E-state index is 10.0. The molecule has 3 nitrogen and oxygen atoms in total. The Morgan fingerprint density at radius 1 is 0.684 bits per heavy atom. The van der Waals surface area contributed by atoms with Crippen LogP contribution in [0.4, 0.5) is 0 Å². The van der Waals surface area contributed by atoms with Crippen molar-refractivity contribution >= 4 is 0 Å². The standard InChI is InChI=1S/C14H22O3.C2H6/c1-13(2,3)10-8(15)7-9(16)12(17)11(10)14(4,5)6;1-2/h7,15-17H,1-6H3;1-2H3. The number of rotatable bonds is 0. The third kappa shape index (κ3) is 3.79. The van der Waals surface area contributed by atoms with Crippen LogP contribution in [-0.2, 0) is 10.8 Å². The van der Waals surface area contributed by atoms with Gasteiger partial charge >= 0.3 is 0 Å². The Balaban J connectivity index is 0.00000154. The third-order valence-corrected chi connectivity index (χ3v) is 2.76. The fraction of sp³-hybridized carbons (Fsp3) is 0.625. The molecule has 1 rings (SSSR count). The molecule has 0 aliphatic rings. The number of hydrogen-bond acceptors (Lipinski definition) is 3. The van der Waals surface area contributed by atoms with Crippen LogP contribution >= 0.6 is 0 Å². The van der Waals surface area contributed by atoms with Gasteiger partial charge in [0.1, 0.15) is 5.75 Å². The summed E-state index contributed by atoms with van der Waals surface area (Å²) in [5.41, 5.74) is 0.614. The lowest BCUT2D eigenvalue weighted by molar-refractivity contribution is 0.370. The molecule has 0 spiro atoms. The second-order valence-corrected chi connectivity index (χ2v) is 6.51. The van der Waals surface area contributed by atoms with Crippen molar-refractivity contribution in [3.63, 3.8) is 0 Å². The van der Waals surface area contributed by atoms with E-state index in [1.165, 1.54) is 6.07 Å². The zero-order valence-corrected chi connectivity index (χ0v) is 13.4. The van der Waals surface area contributed by atoms with E-state index in [1.807, 2.05) is 55.4 Å². The maximum Gasteiger partial charge on any atom is 0.161 e. The van der Waals surface area contributed by atoms with Crippen LogP contribution in [0.2, 0.25) is 0 Å². The number of phenolic OH excluding ortho intramolecular Hbond substituents is 3. The van der Waals surface area contributed by atoms with E-state index in [2.05, 4.69) is 0 Å². The summed E-state index contributed by atoms with van der Waals surface area (Å²) in [5, 5.41) is 29.7. The topological polar surface area (TPSA) is 60.7 Å². The molecule has 1 aromatic rings. The molecule has 0 saturated heterocycles. The van der Waals surface area contributed by atoms with Gasteiger partial charge in [0.2, 0.25) is 0 Å². The van der Waals surface area contributed by atoms with E-state index < -0.39 is 0 Å². The summed E-state index contributed by atoms with van der Waals surface area (Å²) in [6.07, 6.45) is 0. The highest BCUT2D eigenvalue weighted by molar-refractivity contribution is 5.60. The number of aromatic hydroxyl groups is 3. The van der Waals surface area contributed by atoms with Gasteiger partial charge in [0, 0.05) is 17.2 Å². The molecule has 3 N–H and O–H groups in total. The monoisotopic (exact) mass is 268 g/mol. The van der Waals surface area contributed by atoms with Gasteiger partial charge in [0.15, 0.2) is 11.5 Å². The lowest BCUT2D eigenvalue weighted by atomic mass is 9.74. The summed E-state index contributed by atoms with van der Waals surface area (Å²) in [6.45, 7) is 15.7. The van der Waals surface area contributed by atoms with Crippen LogP contribution < -0.4 is 0 Å². The zero-order valence-electron chi connectivity index (χ0n) is 13.4. The molecule has 19 heavy (non-hydrogen) atoms. The van der Waals surface area contributed by atoms with Gasteiger partial charge in [0.25, 0.3) is 0 Å². The number of hydrogen-bond donors (Lipinski definition) is 3. The van der Waals surface area contributed by atoms with E-state index in [9.17, 15) is 15.3 Å². The second kappa shape index (κ2) is 5.72. The molecule has 0 fully saturated rings. The third-order valence-electron chi connectivity index (χ3n) is 2.76. The van der Waals surface area contributed by atoms with Gasteiger partial charge in [-0.3, -0.25) is 0 Å². The highest BCUT2D eigenvalue weighted by Gasteiger charge is 2.32. The van der Waals surface area contributed by atoms with Crippen LogP contribution in [0.15, 0.2) is 6.07 Å². The van der Waals surface area contributed by atoms with Crippen LogP contribution in [0.5, 0.6) is 17.2 Å². The van der Waals surface area contributed by atoms with E-state index in [4.69, 9.17) is 0 Å². The first-order valence-corrected chi connectivity index (χ1v) is 6.75. The van der Waals surface area contributed by atoms with Crippen LogP contribution in [0.25, 0.3) is 0 Å². The molecule has 0 heterocycles. The van der Waals surface area contributed by atoms with Crippen LogP contribution in [0, 0.1) is 0 Å². The lowest BCUT2D eigenvalue weighted by Crippen LogP contribution is -2.22. The summed E-state index contributed by atoms with van der Waals surface area (Å²) < 4.78 is 0. The van der Waals surface area contributed by atoms with Gasteiger partial charge in [-0.1, -0.05) is 55.4 Å². The average molecular weight is 268 g/mol. The van der Waals surface area contributed by atoms with Crippen molar-refractivity contribution in [3.05, 3.63) is 17.2 Å². The van der Waals surface area contributed by atoms with E-state index in [0.29, 0.717) is 11.1 Å². The molecular formula is C16H28O3. The Morgan fingerprint density at radius 3 is 1.37 bits per heavy atom. The quantitative estimate of drug-likeness (QED) is 0.482. The van der Waals surface area contributed by atoms with Crippen LogP contribution in [0.3, 0.4) is 0 Å². The van der Waals surface area contributed by atoms with E-state index in [0.717, 1.165) is 0 Å². The minimum absolute atomic E-state index is 0.0257. The van der Waals surface area contributed by atoms with Crippen molar-refractivity contribution in [2.45, 2.75) is 66.2 Å². The fourth-order valence-corrected chi connectivity index (χ4v) is 2.13. The minimum Gasteiger partial charge on any atom is -0.507 e. The predicted molar refractivity (Wildman–Crippen MR) is 80.2 cm³/mol. The highest BCUT2D eigenvalue weighted by Crippen LogP contribution is 2.47. The smallest absolute Gasteiger partial charge is 0.161 e. The number of phenols is 3. The van der Waals surface area contributed by atoms with Crippen LogP contribution in [-0.4, -0.2) is 15.3 Å². The molecular weight excluding hydrogens is 240 g/mol. The van der Waals surface area contributed by atoms with E-state index >= 15 is 0 Å². The minimum atomic E-state index is -0.358. The molecule has 1 aromatic carbocycles.